The second kappa shape index (κ2) is 9.78. The monoisotopic (exact) mass is 351 g/mol. The molecule has 0 aromatic heterocycles. The third-order valence-electron chi connectivity index (χ3n) is 3.48. The predicted octanol–water partition coefficient (Wildman–Crippen LogP) is 2.58. The van der Waals surface area contributed by atoms with Gasteiger partial charge < -0.3 is 10.1 Å². The molecular formula is C20H21N3O3. The minimum Gasteiger partial charge on any atom is -0.490 e. The second-order valence-electron chi connectivity index (χ2n) is 5.47. The molecule has 2 N–H and O–H groups in total. The molecule has 0 radical (unpaired) electrons. The summed E-state index contributed by atoms with van der Waals surface area (Å²) < 4.78 is 5.37. The van der Waals surface area contributed by atoms with Crippen molar-refractivity contribution in [2.75, 3.05) is 6.61 Å². The van der Waals surface area contributed by atoms with Crippen LogP contribution in [0.5, 0.6) is 5.75 Å². The number of benzene rings is 2. The Balaban J connectivity index is 1.82. The summed E-state index contributed by atoms with van der Waals surface area (Å²) in [5.41, 5.74) is 3.88. The molecule has 2 aromatic carbocycles. The van der Waals surface area contributed by atoms with Crippen molar-refractivity contribution in [2.45, 2.75) is 13.0 Å². The summed E-state index contributed by atoms with van der Waals surface area (Å²) >= 11 is 0. The van der Waals surface area contributed by atoms with E-state index in [9.17, 15) is 9.59 Å². The number of rotatable bonds is 7. The lowest BCUT2D eigenvalue weighted by Crippen LogP contribution is -2.39. The highest BCUT2D eigenvalue weighted by atomic mass is 16.5. The Morgan fingerprint density at radius 1 is 1.12 bits per heavy atom. The Morgan fingerprint density at radius 3 is 2.46 bits per heavy atom. The molecule has 1 unspecified atom stereocenters. The van der Waals surface area contributed by atoms with E-state index < -0.39 is 11.8 Å². The van der Waals surface area contributed by atoms with Gasteiger partial charge in [-0.1, -0.05) is 43.0 Å². The Morgan fingerprint density at radius 2 is 1.81 bits per heavy atom. The van der Waals surface area contributed by atoms with Gasteiger partial charge in [0.1, 0.15) is 12.4 Å². The maximum absolute atomic E-state index is 11.9. The van der Waals surface area contributed by atoms with Crippen LogP contribution >= 0.6 is 0 Å². The first-order valence-corrected chi connectivity index (χ1v) is 8.12. The van der Waals surface area contributed by atoms with Crippen LogP contribution < -0.4 is 15.5 Å². The minimum atomic E-state index is -0.824. The first-order valence-electron chi connectivity index (χ1n) is 8.12. The van der Waals surface area contributed by atoms with E-state index in [1.807, 2.05) is 30.3 Å². The summed E-state index contributed by atoms with van der Waals surface area (Å²) in [5.74, 6) is -0.859. The highest BCUT2D eigenvalue weighted by Gasteiger charge is 2.16. The lowest BCUT2D eigenvalue weighted by atomic mass is 10.1. The third-order valence-corrected chi connectivity index (χ3v) is 3.48. The normalized spacial score (nSPS) is 11.6. The van der Waals surface area contributed by atoms with Crippen molar-refractivity contribution in [3.63, 3.8) is 0 Å². The van der Waals surface area contributed by atoms with Crippen molar-refractivity contribution in [1.82, 2.24) is 10.7 Å². The van der Waals surface area contributed by atoms with Gasteiger partial charge in [-0.15, -0.1) is 0 Å². The zero-order chi connectivity index (χ0) is 18.8. The number of carbonyl (C=O) groups excluding carboxylic acids is 2. The number of hydrazone groups is 1. The summed E-state index contributed by atoms with van der Waals surface area (Å²) in [6, 6.07) is 16.2. The van der Waals surface area contributed by atoms with E-state index in [2.05, 4.69) is 22.4 Å². The number of carbonyl (C=O) groups is 2. The molecule has 0 fully saturated rings. The van der Waals surface area contributed by atoms with E-state index in [1.54, 1.807) is 37.3 Å². The summed E-state index contributed by atoms with van der Waals surface area (Å²) in [5, 5.41) is 6.41. The molecule has 0 saturated carbocycles. The average molecular weight is 351 g/mol. The van der Waals surface area contributed by atoms with Gasteiger partial charge in [0, 0.05) is 0 Å². The molecule has 2 rings (SSSR count). The molecule has 0 heterocycles. The Labute approximate surface area is 152 Å². The maximum atomic E-state index is 11.9. The molecule has 0 aliphatic heterocycles. The zero-order valence-electron chi connectivity index (χ0n) is 14.5. The fourth-order valence-electron chi connectivity index (χ4n) is 2.11. The lowest BCUT2D eigenvalue weighted by Gasteiger charge is -2.13. The number of nitrogens with zero attached hydrogens (tertiary/aromatic N) is 1. The van der Waals surface area contributed by atoms with Crippen LogP contribution in [-0.2, 0) is 9.59 Å². The number of amides is 2. The van der Waals surface area contributed by atoms with Crippen LogP contribution in [-0.4, -0.2) is 24.6 Å². The first kappa shape index (κ1) is 18.9. The van der Waals surface area contributed by atoms with Gasteiger partial charge in [-0.3, -0.25) is 9.59 Å². The van der Waals surface area contributed by atoms with Gasteiger partial charge in [0.05, 0.1) is 12.3 Å². The van der Waals surface area contributed by atoms with Gasteiger partial charge in [-0.2, -0.15) is 5.10 Å². The van der Waals surface area contributed by atoms with Gasteiger partial charge in [-0.25, -0.2) is 5.43 Å². The molecule has 1 atom stereocenters. The van der Waals surface area contributed by atoms with Crippen molar-refractivity contribution >= 4 is 18.0 Å². The molecule has 0 spiro atoms. The molecule has 0 aliphatic carbocycles. The van der Waals surface area contributed by atoms with Crippen molar-refractivity contribution in [3.05, 3.63) is 78.4 Å². The third kappa shape index (κ3) is 5.90. The molecule has 134 valence electrons. The van der Waals surface area contributed by atoms with Gasteiger partial charge in [0.2, 0.25) is 0 Å². The number of nitrogens with one attached hydrogen (secondary N) is 2. The fourth-order valence-corrected chi connectivity index (χ4v) is 2.11. The SMILES string of the molecule is C=CCOc1ccc(/C=N/NC(=O)C(=O)NC(C)c2ccccc2)cc1. The number of ether oxygens (including phenoxy) is 1. The van der Waals surface area contributed by atoms with Crippen LogP contribution in [0.25, 0.3) is 0 Å². The standard InChI is InChI=1S/C20H21N3O3/c1-3-13-26-18-11-9-16(10-12-18)14-21-23-20(25)19(24)22-15(2)17-7-5-4-6-8-17/h3-12,14-15H,1,13H2,2H3,(H,22,24)(H,23,25)/b21-14+. The quantitative estimate of drug-likeness (QED) is 0.348. The van der Waals surface area contributed by atoms with E-state index in [4.69, 9.17) is 4.74 Å². The van der Waals surface area contributed by atoms with Crippen LogP contribution in [0, 0.1) is 0 Å². The Hall–Kier alpha value is -3.41. The summed E-state index contributed by atoms with van der Waals surface area (Å²) in [6.07, 6.45) is 3.11. The van der Waals surface area contributed by atoms with Crippen LogP contribution in [0.4, 0.5) is 0 Å². The Kier molecular flexibility index (Phi) is 7.12. The van der Waals surface area contributed by atoms with E-state index in [1.165, 1.54) is 6.21 Å². The van der Waals surface area contributed by atoms with Gasteiger partial charge >= 0.3 is 11.8 Å². The van der Waals surface area contributed by atoms with E-state index in [-0.39, 0.29) is 6.04 Å². The van der Waals surface area contributed by atoms with E-state index in [0.717, 1.165) is 11.1 Å². The largest absolute Gasteiger partial charge is 0.490 e. The second-order valence-corrected chi connectivity index (χ2v) is 5.47. The van der Waals surface area contributed by atoms with Crippen molar-refractivity contribution in [1.29, 1.82) is 0 Å². The van der Waals surface area contributed by atoms with Crippen molar-refractivity contribution < 1.29 is 14.3 Å². The van der Waals surface area contributed by atoms with Crippen LogP contribution in [0.15, 0.2) is 72.4 Å². The van der Waals surface area contributed by atoms with Crippen LogP contribution in [0.2, 0.25) is 0 Å². The lowest BCUT2D eigenvalue weighted by molar-refractivity contribution is -0.139. The molecule has 0 bridgehead atoms. The molecule has 6 heteroatoms. The van der Waals surface area contributed by atoms with E-state index >= 15 is 0 Å². The van der Waals surface area contributed by atoms with Gasteiger partial charge in [0.15, 0.2) is 0 Å². The minimum absolute atomic E-state index is 0.276. The average Bonchev–Trinajstić information content (AvgIpc) is 2.67. The number of hydrogen-bond donors (Lipinski definition) is 2. The topological polar surface area (TPSA) is 79.8 Å². The molecule has 6 nitrogen and oxygen atoms in total. The highest BCUT2D eigenvalue weighted by molar-refractivity contribution is 6.35. The molecule has 0 aliphatic rings. The van der Waals surface area contributed by atoms with Gasteiger partial charge in [0.25, 0.3) is 0 Å². The molecule has 2 aromatic rings. The Bertz CT molecular complexity index is 771. The summed E-state index contributed by atoms with van der Waals surface area (Å²) in [4.78, 5) is 23.7. The molecule has 2 amide bonds. The van der Waals surface area contributed by atoms with Gasteiger partial charge in [-0.05, 0) is 42.3 Å². The highest BCUT2D eigenvalue weighted by Crippen LogP contribution is 2.11. The maximum Gasteiger partial charge on any atom is 0.329 e. The summed E-state index contributed by atoms with van der Waals surface area (Å²) in [7, 11) is 0. The smallest absolute Gasteiger partial charge is 0.329 e. The first-order chi connectivity index (χ1) is 12.6. The number of hydrogen-bond acceptors (Lipinski definition) is 4. The predicted molar refractivity (Wildman–Crippen MR) is 101 cm³/mol. The molecule has 0 saturated heterocycles. The summed E-state index contributed by atoms with van der Waals surface area (Å²) in [6.45, 7) is 5.82. The van der Waals surface area contributed by atoms with Crippen molar-refractivity contribution in [2.24, 2.45) is 5.10 Å². The van der Waals surface area contributed by atoms with Crippen LogP contribution in [0.3, 0.4) is 0 Å². The van der Waals surface area contributed by atoms with Crippen LogP contribution in [0.1, 0.15) is 24.1 Å². The zero-order valence-corrected chi connectivity index (χ0v) is 14.5. The molecule has 26 heavy (non-hydrogen) atoms. The fraction of sp³-hybridized carbons (Fsp3) is 0.150. The van der Waals surface area contributed by atoms with E-state index in [0.29, 0.717) is 12.4 Å². The molecular weight excluding hydrogens is 330 g/mol. The van der Waals surface area contributed by atoms with Crippen molar-refractivity contribution in [3.8, 4) is 5.75 Å².